The van der Waals surface area contributed by atoms with Crippen molar-refractivity contribution in [2.75, 3.05) is 6.54 Å². The molecule has 1 aromatic heterocycles. The van der Waals surface area contributed by atoms with Gasteiger partial charge in [0.25, 0.3) is 5.91 Å². The summed E-state index contributed by atoms with van der Waals surface area (Å²) in [5.41, 5.74) is -1.62. The van der Waals surface area contributed by atoms with Crippen LogP contribution in [-0.2, 0) is 11.3 Å². The van der Waals surface area contributed by atoms with Gasteiger partial charge in [0, 0.05) is 30.8 Å². The van der Waals surface area contributed by atoms with Gasteiger partial charge >= 0.3 is 6.18 Å². The fraction of sp³-hybridized carbons (Fsp3) is 0.412. The number of amides is 1. The maximum atomic E-state index is 13.1. The molecule has 1 aliphatic rings. The average molecular weight is 371 g/mol. The Balaban J connectivity index is 1.89. The quantitative estimate of drug-likeness (QED) is 0.826. The van der Waals surface area contributed by atoms with Gasteiger partial charge in [-0.15, -0.1) is 0 Å². The summed E-state index contributed by atoms with van der Waals surface area (Å²) in [6, 6.07) is 5.59. The van der Waals surface area contributed by atoms with Crippen molar-refractivity contribution in [2.45, 2.75) is 38.1 Å². The number of nitrogens with zero attached hydrogens (tertiary/aromatic N) is 3. The monoisotopic (exact) mass is 371 g/mol. The van der Waals surface area contributed by atoms with Crippen LogP contribution < -0.4 is 0 Å². The fourth-order valence-corrected chi connectivity index (χ4v) is 2.96. The van der Waals surface area contributed by atoms with Crippen molar-refractivity contribution in [1.29, 1.82) is 0 Å². The number of aromatic nitrogens is 2. The van der Waals surface area contributed by atoms with Crippen LogP contribution in [0.25, 0.3) is 5.69 Å². The van der Waals surface area contributed by atoms with Crippen LogP contribution in [0.1, 0.15) is 31.0 Å². The van der Waals surface area contributed by atoms with E-state index in [0.29, 0.717) is 23.9 Å². The normalized spacial score (nSPS) is 19.8. The molecule has 1 amide bonds. The number of benzene rings is 1. The van der Waals surface area contributed by atoms with Gasteiger partial charge in [-0.1, -0.05) is 6.92 Å². The third kappa shape index (κ3) is 3.07. The molecular weight excluding hydrogens is 354 g/mol. The van der Waals surface area contributed by atoms with Crippen LogP contribution in [0.2, 0.25) is 0 Å². The zero-order valence-electron chi connectivity index (χ0n) is 14.1. The predicted octanol–water partition coefficient (Wildman–Crippen LogP) is 2.77. The topological polar surface area (TPSA) is 58.4 Å². The van der Waals surface area contributed by atoms with E-state index in [4.69, 9.17) is 0 Å². The smallest absolute Gasteiger partial charge is 0.373 e. The van der Waals surface area contributed by atoms with Gasteiger partial charge in [0.15, 0.2) is 0 Å². The molecule has 2 unspecified atom stereocenters. The molecule has 26 heavy (non-hydrogen) atoms. The summed E-state index contributed by atoms with van der Waals surface area (Å²) in [6.45, 7) is 2.12. The molecule has 9 heteroatoms. The summed E-state index contributed by atoms with van der Waals surface area (Å²) >= 11 is 0. The van der Waals surface area contributed by atoms with E-state index < -0.39 is 23.5 Å². The molecule has 1 N–H and O–H groups in total. The van der Waals surface area contributed by atoms with Crippen LogP contribution in [0, 0.1) is 5.82 Å². The molecule has 0 radical (unpaired) electrons. The molecule has 2 heterocycles. The third-order valence-corrected chi connectivity index (χ3v) is 4.49. The van der Waals surface area contributed by atoms with Crippen molar-refractivity contribution in [2.24, 2.45) is 0 Å². The van der Waals surface area contributed by atoms with E-state index in [9.17, 15) is 27.5 Å². The Hall–Kier alpha value is -2.42. The zero-order valence-corrected chi connectivity index (χ0v) is 14.1. The highest BCUT2D eigenvalue weighted by Crippen LogP contribution is 2.35. The van der Waals surface area contributed by atoms with Crippen LogP contribution in [0.3, 0.4) is 0 Å². The lowest BCUT2D eigenvalue weighted by Crippen LogP contribution is -2.57. The fourth-order valence-electron chi connectivity index (χ4n) is 2.96. The Bertz CT molecular complexity index is 828. The molecule has 140 valence electrons. The number of halogens is 4. The number of rotatable bonds is 2. The third-order valence-electron chi connectivity index (χ3n) is 4.49. The highest BCUT2D eigenvalue weighted by molar-refractivity contribution is 5.85. The lowest BCUT2D eigenvalue weighted by Gasteiger charge is -2.35. The first-order valence-corrected chi connectivity index (χ1v) is 7.93. The molecule has 2 aromatic rings. The molecule has 5 nitrogen and oxygen atoms in total. The number of aliphatic hydroxyl groups is 1. The van der Waals surface area contributed by atoms with E-state index in [1.807, 2.05) is 0 Å². The van der Waals surface area contributed by atoms with Crippen LogP contribution >= 0.6 is 0 Å². The Morgan fingerprint density at radius 2 is 1.88 bits per heavy atom. The lowest BCUT2D eigenvalue weighted by atomic mass is 9.96. The van der Waals surface area contributed by atoms with Crippen LogP contribution in [0.15, 0.2) is 30.5 Å². The molecule has 2 atom stereocenters. The minimum Gasteiger partial charge on any atom is -0.373 e. The van der Waals surface area contributed by atoms with E-state index in [1.165, 1.54) is 28.9 Å². The number of alkyl halides is 3. The number of carbonyl (C=O) groups excluding carboxylic acids is 1. The minimum absolute atomic E-state index is 0.0124. The van der Waals surface area contributed by atoms with Gasteiger partial charge in [-0.25, -0.2) is 9.07 Å². The van der Waals surface area contributed by atoms with Gasteiger partial charge in [-0.2, -0.15) is 18.3 Å². The second-order valence-corrected chi connectivity index (χ2v) is 6.62. The Morgan fingerprint density at radius 3 is 2.46 bits per heavy atom. The van der Waals surface area contributed by atoms with Crippen LogP contribution in [0.5, 0.6) is 0 Å². The van der Waals surface area contributed by atoms with E-state index in [2.05, 4.69) is 5.10 Å². The van der Waals surface area contributed by atoms with Gasteiger partial charge in [0.2, 0.25) is 5.60 Å². The highest BCUT2D eigenvalue weighted by atomic mass is 19.4. The number of hydrogen-bond donors (Lipinski definition) is 1. The first kappa shape index (κ1) is 18.4. The molecule has 1 aliphatic heterocycles. The van der Waals surface area contributed by atoms with Gasteiger partial charge in [0.05, 0.1) is 11.4 Å². The van der Waals surface area contributed by atoms with Crippen molar-refractivity contribution >= 4 is 5.91 Å². The largest absolute Gasteiger partial charge is 0.426 e. The summed E-state index contributed by atoms with van der Waals surface area (Å²) < 4.78 is 53.4. The number of carbonyl (C=O) groups is 1. The van der Waals surface area contributed by atoms with E-state index in [-0.39, 0.29) is 19.0 Å². The number of hydrogen-bond acceptors (Lipinski definition) is 3. The Labute approximate surface area is 146 Å². The van der Waals surface area contributed by atoms with Gasteiger partial charge in [-0.05, 0) is 31.2 Å². The Morgan fingerprint density at radius 1 is 1.27 bits per heavy atom. The molecule has 1 aromatic carbocycles. The van der Waals surface area contributed by atoms with Gasteiger partial charge < -0.3 is 10.0 Å². The second-order valence-electron chi connectivity index (χ2n) is 6.62. The van der Waals surface area contributed by atoms with Crippen molar-refractivity contribution in [3.05, 3.63) is 47.5 Å². The van der Waals surface area contributed by atoms with Gasteiger partial charge in [-0.3, -0.25) is 4.79 Å². The maximum Gasteiger partial charge on any atom is 0.426 e. The average Bonchev–Trinajstić information content (AvgIpc) is 2.98. The van der Waals surface area contributed by atoms with E-state index >= 15 is 0 Å². The maximum absolute atomic E-state index is 13.1. The molecule has 0 saturated carbocycles. The van der Waals surface area contributed by atoms with Crippen molar-refractivity contribution in [1.82, 2.24) is 14.7 Å². The molecule has 0 spiro atoms. The van der Waals surface area contributed by atoms with Crippen molar-refractivity contribution in [3.8, 4) is 5.69 Å². The molecule has 0 aliphatic carbocycles. The van der Waals surface area contributed by atoms with Crippen LogP contribution in [0.4, 0.5) is 17.6 Å². The Kier molecular flexibility index (Phi) is 4.30. The molecular formula is C17H17F4N3O2. The van der Waals surface area contributed by atoms with Crippen LogP contribution in [-0.4, -0.2) is 44.0 Å². The zero-order chi connectivity index (χ0) is 19.3. The summed E-state index contributed by atoms with van der Waals surface area (Å²) in [7, 11) is 0. The summed E-state index contributed by atoms with van der Waals surface area (Å²) in [5.74, 6) is -2.10. The molecule has 3 rings (SSSR count). The lowest BCUT2D eigenvalue weighted by molar-refractivity contribution is -0.250. The molecule has 0 fully saturated rings. The molecule has 0 bridgehead atoms. The minimum atomic E-state index is -5.06. The highest BCUT2D eigenvalue weighted by Gasteiger charge is 2.57. The van der Waals surface area contributed by atoms with E-state index in [1.54, 1.807) is 13.1 Å². The summed E-state index contributed by atoms with van der Waals surface area (Å²) in [5, 5.41) is 14.1. The first-order chi connectivity index (χ1) is 12.0. The summed E-state index contributed by atoms with van der Waals surface area (Å²) in [6.07, 6.45) is -3.47. The van der Waals surface area contributed by atoms with Crippen molar-refractivity contribution < 1.29 is 27.5 Å². The van der Waals surface area contributed by atoms with Crippen molar-refractivity contribution in [3.63, 3.8) is 0 Å². The SMILES string of the molecule is CC1CN(C(=O)C(C)(O)C(F)(F)F)Cc2cn(-c3ccc(F)cc3)nc21. The summed E-state index contributed by atoms with van der Waals surface area (Å²) in [4.78, 5) is 13.2. The van der Waals surface area contributed by atoms with Gasteiger partial charge in [0.1, 0.15) is 5.82 Å². The standard InChI is InChI=1S/C17H17F4N3O2/c1-10-7-23(15(25)16(2,26)17(19,20)21)8-11-9-24(22-14(10)11)13-5-3-12(18)4-6-13/h3-6,9-10,26H,7-8H2,1-2H3. The number of fused-ring (bicyclic) bond motifs is 1. The second kappa shape index (κ2) is 6.08. The predicted molar refractivity (Wildman–Crippen MR) is 84.0 cm³/mol. The first-order valence-electron chi connectivity index (χ1n) is 7.93. The van der Waals surface area contributed by atoms with E-state index in [0.717, 1.165) is 4.90 Å². The molecule has 0 saturated heterocycles.